The molecule has 0 heterocycles. The summed E-state index contributed by atoms with van der Waals surface area (Å²) in [5.74, 6) is -0.591. The minimum atomic E-state index is -4.58. The molecule has 0 spiro atoms. The second kappa shape index (κ2) is 8.15. The summed E-state index contributed by atoms with van der Waals surface area (Å²) < 4.78 is 39.6. The zero-order valence-electron chi connectivity index (χ0n) is 16.2. The van der Waals surface area contributed by atoms with Gasteiger partial charge in [0.2, 0.25) is 0 Å². The predicted molar refractivity (Wildman–Crippen MR) is 103 cm³/mol. The highest BCUT2D eigenvalue weighted by atomic mass is 19.4. The number of carbonyl (C=O) groups excluding carboxylic acids is 1. The number of amides is 1. The Labute approximate surface area is 158 Å². The molecule has 1 N–H and O–H groups in total. The Kier molecular flexibility index (Phi) is 6.34. The largest absolute Gasteiger partial charge is 0.417 e. The van der Waals surface area contributed by atoms with Crippen molar-refractivity contribution < 1.29 is 18.0 Å². The molecule has 2 aromatic rings. The molecule has 0 aliphatic heterocycles. The van der Waals surface area contributed by atoms with Gasteiger partial charge in [-0.15, -0.1) is 0 Å². The van der Waals surface area contributed by atoms with Crippen LogP contribution < -0.4 is 5.32 Å². The van der Waals surface area contributed by atoms with Gasteiger partial charge >= 0.3 is 6.18 Å². The van der Waals surface area contributed by atoms with Crippen molar-refractivity contribution in [2.75, 3.05) is 5.32 Å². The van der Waals surface area contributed by atoms with E-state index in [0.29, 0.717) is 5.69 Å². The zero-order chi connectivity index (χ0) is 20.2. The van der Waals surface area contributed by atoms with Crippen molar-refractivity contribution in [3.63, 3.8) is 0 Å². The standard InChI is InChI=1S/C22H26F3NO/c1-5-21(3,4)14-15(2)16-10-7-9-13-19(16)26-20(27)17-11-6-8-12-18(17)22(23,24)25/h6-13,15H,5,14H2,1-4H3,(H,26,27). The molecule has 0 fully saturated rings. The molecule has 146 valence electrons. The first-order valence-electron chi connectivity index (χ1n) is 9.11. The molecular formula is C22H26F3NO. The van der Waals surface area contributed by atoms with Crippen LogP contribution in [0.2, 0.25) is 0 Å². The lowest BCUT2D eigenvalue weighted by Gasteiger charge is -2.28. The lowest BCUT2D eigenvalue weighted by molar-refractivity contribution is -0.137. The number of nitrogens with one attached hydrogen (secondary N) is 1. The second-order valence-electron chi connectivity index (χ2n) is 7.71. The first kappa shape index (κ1) is 21.0. The molecular weight excluding hydrogens is 351 g/mol. The van der Waals surface area contributed by atoms with E-state index in [9.17, 15) is 18.0 Å². The average molecular weight is 377 g/mol. The van der Waals surface area contributed by atoms with E-state index < -0.39 is 17.6 Å². The van der Waals surface area contributed by atoms with Gasteiger partial charge in [-0.05, 0) is 41.5 Å². The van der Waals surface area contributed by atoms with Crippen LogP contribution in [0.4, 0.5) is 18.9 Å². The number of hydrogen-bond acceptors (Lipinski definition) is 1. The fraction of sp³-hybridized carbons (Fsp3) is 0.409. The summed E-state index contributed by atoms with van der Waals surface area (Å²) in [7, 11) is 0. The molecule has 5 heteroatoms. The highest BCUT2D eigenvalue weighted by Crippen LogP contribution is 2.37. The maximum Gasteiger partial charge on any atom is 0.417 e. The molecule has 0 radical (unpaired) electrons. The topological polar surface area (TPSA) is 29.1 Å². The van der Waals surface area contributed by atoms with Crippen molar-refractivity contribution in [1.29, 1.82) is 0 Å². The summed E-state index contributed by atoms with van der Waals surface area (Å²) in [6, 6.07) is 12.1. The van der Waals surface area contributed by atoms with E-state index in [-0.39, 0.29) is 16.9 Å². The van der Waals surface area contributed by atoms with Crippen LogP contribution in [-0.4, -0.2) is 5.91 Å². The van der Waals surface area contributed by atoms with Gasteiger partial charge < -0.3 is 5.32 Å². The maximum atomic E-state index is 13.2. The number of alkyl halides is 3. The molecule has 1 amide bonds. The molecule has 2 rings (SSSR count). The molecule has 0 bridgehead atoms. The van der Waals surface area contributed by atoms with Crippen molar-refractivity contribution >= 4 is 11.6 Å². The summed E-state index contributed by atoms with van der Waals surface area (Å²) >= 11 is 0. The zero-order valence-corrected chi connectivity index (χ0v) is 16.2. The molecule has 0 saturated heterocycles. The molecule has 0 saturated carbocycles. The normalized spacial score (nSPS) is 13.3. The molecule has 0 aliphatic rings. The molecule has 2 aromatic carbocycles. The smallest absolute Gasteiger partial charge is 0.322 e. The number of hydrogen-bond donors (Lipinski definition) is 1. The lowest BCUT2D eigenvalue weighted by Crippen LogP contribution is -2.20. The molecule has 1 atom stereocenters. The third-order valence-electron chi connectivity index (χ3n) is 5.03. The van der Waals surface area contributed by atoms with E-state index in [2.05, 4.69) is 33.0 Å². The second-order valence-corrected chi connectivity index (χ2v) is 7.71. The molecule has 2 nitrogen and oxygen atoms in total. The maximum absolute atomic E-state index is 13.2. The van der Waals surface area contributed by atoms with E-state index in [1.807, 2.05) is 12.1 Å². The van der Waals surface area contributed by atoms with Gasteiger partial charge in [-0.3, -0.25) is 4.79 Å². The van der Waals surface area contributed by atoms with Crippen molar-refractivity contribution in [3.8, 4) is 0 Å². The molecule has 0 aromatic heterocycles. The quantitative estimate of drug-likeness (QED) is 0.583. The van der Waals surface area contributed by atoms with Gasteiger partial charge in [-0.25, -0.2) is 0 Å². The Hall–Kier alpha value is -2.30. The van der Waals surface area contributed by atoms with Crippen LogP contribution in [-0.2, 0) is 6.18 Å². The van der Waals surface area contributed by atoms with E-state index in [1.54, 1.807) is 12.1 Å². The summed E-state index contributed by atoms with van der Waals surface area (Å²) in [5, 5.41) is 2.69. The number of benzene rings is 2. The van der Waals surface area contributed by atoms with Crippen LogP contribution in [0.1, 0.15) is 67.9 Å². The van der Waals surface area contributed by atoms with Crippen molar-refractivity contribution in [2.45, 2.75) is 52.6 Å². The number of para-hydroxylation sites is 1. The highest BCUT2D eigenvalue weighted by Gasteiger charge is 2.35. The fourth-order valence-corrected chi connectivity index (χ4v) is 3.24. The van der Waals surface area contributed by atoms with Crippen LogP contribution in [0, 0.1) is 5.41 Å². The Morgan fingerprint density at radius 3 is 2.26 bits per heavy atom. The number of anilines is 1. The van der Waals surface area contributed by atoms with E-state index in [1.165, 1.54) is 18.2 Å². The van der Waals surface area contributed by atoms with Gasteiger partial charge in [0.25, 0.3) is 5.91 Å². The number of rotatable bonds is 6. The van der Waals surface area contributed by atoms with Crippen LogP contribution in [0.25, 0.3) is 0 Å². The fourth-order valence-electron chi connectivity index (χ4n) is 3.24. The van der Waals surface area contributed by atoms with Crippen LogP contribution in [0.5, 0.6) is 0 Å². The summed E-state index contributed by atoms with van der Waals surface area (Å²) in [5.41, 5.74) is 0.316. The molecule has 0 aliphatic carbocycles. The van der Waals surface area contributed by atoms with Crippen molar-refractivity contribution in [3.05, 3.63) is 65.2 Å². The Balaban J connectivity index is 2.31. The predicted octanol–water partition coefficient (Wildman–Crippen LogP) is 6.89. The van der Waals surface area contributed by atoms with Crippen LogP contribution in [0.3, 0.4) is 0 Å². The van der Waals surface area contributed by atoms with Gasteiger partial charge in [-0.2, -0.15) is 13.2 Å². The third kappa shape index (κ3) is 5.34. The van der Waals surface area contributed by atoms with Gasteiger partial charge in [-0.1, -0.05) is 64.4 Å². The third-order valence-corrected chi connectivity index (χ3v) is 5.03. The minimum absolute atomic E-state index is 0.138. The first-order chi connectivity index (χ1) is 12.5. The SMILES string of the molecule is CCC(C)(C)CC(C)c1ccccc1NC(=O)c1ccccc1C(F)(F)F. The summed E-state index contributed by atoms with van der Waals surface area (Å²) in [6.45, 7) is 8.58. The minimum Gasteiger partial charge on any atom is -0.322 e. The highest BCUT2D eigenvalue weighted by molar-refractivity contribution is 6.05. The van der Waals surface area contributed by atoms with Crippen molar-refractivity contribution in [1.82, 2.24) is 0 Å². The summed E-state index contributed by atoms with van der Waals surface area (Å²) in [6.07, 6.45) is -2.65. The molecule has 27 heavy (non-hydrogen) atoms. The molecule has 1 unspecified atom stereocenters. The van der Waals surface area contributed by atoms with Gasteiger partial charge in [0.05, 0.1) is 11.1 Å². The van der Waals surface area contributed by atoms with E-state index in [0.717, 1.165) is 24.5 Å². The number of halogens is 3. The lowest BCUT2D eigenvalue weighted by atomic mass is 9.78. The average Bonchev–Trinajstić information content (AvgIpc) is 2.61. The summed E-state index contributed by atoms with van der Waals surface area (Å²) in [4.78, 5) is 12.6. The van der Waals surface area contributed by atoms with Crippen LogP contribution in [0.15, 0.2) is 48.5 Å². The van der Waals surface area contributed by atoms with Gasteiger partial charge in [0.1, 0.15) is 0 Å². The van der Waals surface area contributed by atoms with E-state index in [4.69, 9.17) is 0 Å². The van der Waals surface area contributed by atoms with Gasteiger partial charge in [0.15, 0.2) is 0 Å². The van der Waals surface area contributed by atoms with Gasteiger partial charge in [0, 0.05) is 5.69 Å². The Morgan fingerprint density at radius 1 is 1.04 bits per heavy atom. The Bertz CT molecular complexity index is 796. The number of carbonyl (C=O) groups is 1. The van der Waals surface area contributed by atoms with Crippen LogP contribution >= 0.6 is 0 Å². The monoisotopic (exact) mass is 377 g/mol. The Morgan fingerprint density at radius 2 is 1.63 bits per heavy atom. The van der Waals surface area contributed by atoms with E-state index >= 15 is 0 Å². The first-order valence-corrected chi connectivity index (χ1v) is 9.11. The van der Waals surface area contributed by atoms with Crippen molar-refractivity contribution in [2.24, 2.45) is 5.41 Å².